The summed E-state index contributed by atoms with van der Waals surface area (Å²) in [4.78, 5) is 35.7. The third-order valence-electron chi connectivity index (χ3n) is 15.1. The molecule has 0 aromatic heterocycles. The van der Waals surface area contributed by atoms with Crippen molar-refractivity contribution in [1.29, 1.82) is 0 Å². The van der Waals surface area contributed by atoms with Crippen LogP contribution in [-0.4, -0.2) is 74.9 Å². The molecule has 0 saturated heterocycles. The van der Waals surface area contributed by atoms with Crippen molar-refractivity contribution in [2.24, 2.45) is 0 Å². The van der Waals surface area contributed by atoms with Crippen LogP contribution >= 0.6 is 7.82 Å². The van der Waals surface area contributed by atoms with Crippen molar-refractivity contribution in [2.75, 3.05) is 47.5 Å². The maximum absolute atomic E-state index is 12.8. The molecule has 0 aliphatic rings. The Morgan fingerprint density at radius 2 is 0.692 bits per heavy atom. The van der Waals surface area contributed by atoms with Crippen LogP contribution in [0.2, 0.25) is 0 Å². The normalized spacial score (nSPS) is 13.4. The highest BCUT2D eigenvalue weighted by atomic mass is 31.2. The zero-order chi connectivity index (χ0) is 57.0. The number of likely N-dealkylation sites (N-methyl/N-ethyl adjacent to an activating group) is 1. The Balaban J connectivity index is 3.88. The van der Waals surface area contributed by atoms with E-state index >= 15 is 0 Å². The summed E-state index contributed by atoms with van der Waals surface area (Å²) in [5.74, 6) is -0.791. The van der Waals surface area contributed by atoms with Crippen molar-refractivity contribution in [3.05, 3.63) is 36.5 Å². The van der Waals surface area contributed by atoms with Gasteiger partial charge in [0.1, 0.15) is 19.8 Å². The fourth-order valence-electron chi connectivity index (χ4n) is 9.93. The monoisotopic (exact) mass is 1120 g/mol. The number of quaternary nitrogens is 1. The van der Waals surface area contributed by atoms with Crippen LogP contribution in [0.5, 0.6) is 0 Å². The van der Waals surface area contributed by atoms with E-state index in [2.05, 4.69) is 50.3 Å². The third kappa shape index (κ3) is 63.4. The molecule has 0 rings (SSSR count). The zero-order valence-electron chi connectivity index (χ0n) is 52.4. The van der Waals surface area contributed by atoms with Gasteiger partial charge in [0.05, 0.1) is 27.7 Å². The zero-order valence-corrected chi connectivity index (χ0v) is 53.3. The lowest BCUT2D eigenvalue weighted by Gasteiger charge is -2.24. The first-order valence-electron chi connectivity index (χ1n) is 33.7. The van der Waals surface area contributed by atoms with Crippen molar-refractivity contribution in [3.63, 3.8) is 0 Å². The number of hydrogen-bond donors (Lipinski definition) is 1. The second kappa shape index (κ2) is 59.8. The van der Waals surface area contributed by atoms with E-state index in [9.17, 15) is 19.0 Å². The van der Waals surface area contributed by atoms with Gasteiger partial charge in [0.15, 0.2) is 6.10 Å². The van der Waals surface area contributed by atoms with E-state index in [1.165, 1.54) is 244 Å². The highest BCUT2D eigenvalue weighted by Crippen LogP contribution is 2.43. The average Bonchev–Trinajstić information content (AvgIpc) is 3.41. The quantitative estimate of drug-likeness (QED) is 0.0211. The molecule has 0 aliphatic carbocycles. The molecule has 0 radical (unpaired) electrons. The molecule has 0 aliphatic heterocycles. The van der Waals surface area contributed by atoms with Crippen LogP contribution in [0.4, 0.5) is 0 Å². The number of ether oxygens (including phenoxy) is 2. The molecule has 9 nitrogen and oxygen atoms in total. The van der Waals surface area contributed by atoms with Gasteiger partial charge < -0.3 is 18.9 Å². The molecule has 0 aromatic carbocycles. The Bertz CT molecular complexity index is 1410. The molecule has 2 unspecified atom stereocenters. The molecule has 0 amide bonds. The lowest BCUT2D eigenvalue weighted by molar-refractivity contribution is -0.870. The maximum Gasteiger partial charge on any atom is 0.472 e. The number of nitrogens with zero attached hydrogens (tertiary/aromatic N) is 1. The van der Waals surface area contributed by atoms with Crippen molar-refractivity contribution in [3.8, 4) is 0 Å². The highest BCUT2D eigenvalue weighted by molar-refractivity contribution is 7.47. The van der Waals surface area contributed by atoms with Crippen LogP contribution in [-0.2, 0) is 32.7 Å². The number of hydrogen-bond acceptors (Lipinski definition) is 7. The predicted octanol–water partition coefficient (Wildman–Crippen LogP) is 21.5. The fourth-order valence-corrected chi connectivity index (χ4v) is 10.7. The van der Waals surface area contributed by atoms with E-state index in [0.29, 0.717) is 17.4 Å². The van der Waals surface area contributed by atoms with Crippen LogP contribution in [0.3, 0.4) is 0 Å². The van der Waals surface area contributed by atoms with Crippen LogP contribution in [0, 0.1) is 0 Å². The Morgan fingerprint density at radius 3 is 1.03 bits per heavy atom. The van der Waals surface area contributed by atoms with Gasteiger partial charge in [0, 0.05) is 12.8 Å². The number of esters is 2. The van der Waals surface area contributed by atoms with E-state index < -0.39 is 26.5 Å². The summed E-state index contributed by atoms with van der Waals surface area (Å²) < 4.78 is 34.6. The Kier molecular flexibility index (Phi) is 58.5. The number of carbonyl (C=O) groups is 2. The van der Waals surface area contributed by atoms with E-state index in [1.54, 1.807) is 0 Å². The fraction of sp³-hybridized carbons (Fsp3) is 0.882. The number of phosphoric acid groups is 1. The molecule has 0 heterocycles. The average molecular weight is 1120 g/mol. The van der Waals surface area contributed by atoms with E-state index in [0.717, 1.165) is 57.8 Å². The molecule has 1 N–H and O–H groups in total. The molecule has 0 fully saturated rings. The van der Waals surface area contributed by atoms with Gasteiger partial charge in [-0.25, -0.2) is 4.57 Å². The van der Waals surface area contributed by atoms with Crippen LogP contribution in [0.15, 0.2) is 36.5 Å². The van der Waals surface area contributed by atoms with Crippen LogP contribution in [0.25, 0.3) is 0 Å². The number of allylic oxidation sites excluding steroid dienone is 6. The molecule has 0 aromatic rings. The number of rotatable bonds is 63. The Morgan fingerprint density at radius 1 is 0.397 bits per heavy atom. The molecule has 10 heteroatoms. The minimum absolute atomic E-state index is 0.0329. The van der Waals surface area contributed by atoms with Gasteiger partial charge in [-0.05, 0) is 70.6 Å². The SMILES string of the molecule is CCCCCCC/C=C\C/C=C\CCCCCCCCCCCCCCCCCCCCCCCCCCCCCC(=O)OC(COC(=O)CCCCCCC/C=C\CCCCCCCC)COP(=O)(O)OCC[N+](C)(C)C. The van der Waals surface area contributed by atoms with Gasteiger partial charge in [-0.15, -0.1) is 0 Å². The van der Waals surface area contributed by atoms with Gasteiger partial charge in [0.2, 0.25) is 0 Å². The van der Waals surface area contributed by atoms with E-state index in [4.69, 9.17) is 18.5 Å². The van der Waals surface area contributed by atoms with Crippen molar-refractivity contribution in [1.82, 2.24) is 0 Å². The minimum Gasteiger partial charge on any atom is -0.462 e. The first-order chi connectivity index (χ1) is 38.0. The van der Waals surface area contributed by atoms with Crippen LogP contribution < -0.4 is 0 Å². The molecule has 0 saturated carbocycles. The van der Waals surface area contributed by atoms with Crippen molar-refractivity contribution >= 4 is 19.8 Å². The van der Waals surface area contributed by atoms with Crippen molar-refractivity contribution in [2.45, 2.75) is 341 Å². The Labute approximate surface area is 484 Å². The standard InChI is InChI=1S/C68H130NO8P/c1-6-8-10-12-14-16-18-20-22-23-24-25-26-27-28-29-30-31-32-33-34-35-36-37-38-39-40-41-42-43-44-45-47-49-51-53-55-57-59-61-68(71)77-66(65-76-78(72,73)75-63-62-69(3,4)5)64-74-67(70)60-58-56-54-52-50-48-46-21-19-17-15-13-11-9-7-2/h18,20-21,23-24,46,66H,6-17,19,22,25-45,47-65H2,1-5H3/p+1/b20-18-,24-23-,46-21-. The minimum atomic E-state index is -4.38. The molecule has 0 bridgehead atoms. The summed E-state index contributed by atoms with van der Waals surface area (Å²) in [5, 5.41) is 0. The largest absolute Gasteiger partial charge is 0.472 e. The molecular weight excluding hydrogens is 990 g/mol. The number of carbonyl (C=O) groups excluding carboxylic acids is 2. The predicted molar refractivity (Wildman–Crippen MR) is 335 cm³/mol. The topological polar surface area (TPSA) is 108 Å². The summed E-state index contributed by atoms with van der Waals surface area (Å²) in [6, 6.07) is 0. The summed E-state index contributed by atoms with van der Waals surface area (Å²) in [5.41, 5.74) is 0. The first-order valence-corrected chi connectivity index (χ1v) is 35.2. The van der Waals surface area contributed by atoms with Crippen LogP contribution in [0.1, 0.15) is 335 Å². The Hall–Kier alpha value is -1.77. The molecular formula is C68H131NO8P+. The molecule has 2 atom stereocenters. The number of unbranched alkanes of at least 4 members (excludes halogenated alkanes) is 43. The summed E-state index contributed by atoms with van der Waals surface area (Å²) in [6.45, 7) is 4.45. The van der Waals surface area contributed by atoms with E-state index in [1.807, 2.05) is 21.1 Å². The third-order valence-corrected chi connectivity index (χ3v) is 16.1. The summed E-state index contributed by atoms with van der Waals surface area (Å²) in [7, 11) is 1.49. The second-order valence-electron chi connectivity index (χ2n) is 24.2. The maximum atomic E-state index is 12.8. The van der Waals surface area contributed by atoms with Gasteiger partial charge in [-0.2, -0.15) is 0 Å². The smallest absolute Gasteiger partial charge is 0.462 e. The number of phosphoric ester groups is 1. The first kappa shape index (κ1) is 76.2. The van der Waals surface area contributed by atoms with Crippen molar-refractivity contribution < 1.29 is 42.1 Å². The van der Waals surface area contributed by atoms with Gasteiger partial charge >= 0.3 is 19.8 Å². The lowest BCUT2D eigenvalue weighted by atomic mass is 10.0. The van der Waals surface area contributed by atoms with Gasteiger partial charge in [-0.1, -0.05) is 288 Å². The lowest BCUT2D eigenvalue weighted by Crippen LogP contribution is -2.37. The van der Waals surface area contributed by atoms with Gasteiger partial charge in [-0.3, -0.25) is 18.6 Å². The molecule has 0 spiro atoms. The second-order valence-corrected chi connectivity index (χ2v) is 25.7. The molecule has 78 heavy (non-hydrogen) atoms. The van der Waals surface area contributed by atoms with Gasteiger partial charge in [0.25, 0.3) is 0 Å². The molecule has 460 valence electrons. The summed E-state index contributed by atoms with van der Waals surface area (Å²) in [6.07, 6.45) is 75.5. The summed E-state index contributed by atoms with van der Waals surface area (Å²) >= 11 is 0. The van der Waals surface area contributed by atoms with E-state index in [-0.39, 0.29) is 32.0 Å². The highest BCUT2D eigenvalue weighted by Gasteiger charge is 2.27.